The molecule has 0 aromatic carbocycles. The van der Waals surface area contributed by atoms with Gasteiger partial charge in [0.05, 0.1) is 15.5 Å². The van der Waals surface area contributed by atoms with Crippen LogP contribution in [0.25, 0.3) is 10.1 Å². The fourth-order valence-corrected chi connectivity index (χ4v) is 6.10. The largest absolute Gasteiger partial charge is 0.351 e. The first-order valence-electron chi connectivity index (χ1n) is 12.1. The first-order valence-corrected chi connectivity index (χ1v) is 12.9. The molecule has 1 N–H and O–H groups in total. The van der Waals surface area contributed by atoms with Crippen LogP contribution in [-0.2, 0) is 4.79 Å². The first kappa shape index (κ1) is 23.1. The Kier molecular flexibility index (Phi) is 7.76. The number of rotatable bonds is 7. The van der Waals surface area contributed by atoms with Gasteiger partial charge in [-0.3, -0.25) is 14.6 Å². The number of nitrogens with one attached hydrogen (secondary N) is 1. The molecule has 1 saturated carbocycles. The summed E-state index contributed by atoms with van der Waals surface area (Å²) in [7, 11) is 0. The maximum Gasteiger partial charge on any atom is 0.261 e. The molecule has 0 spiro atoms. The third-order valence-corrected chi connectivity index (χ3v) is 8.30. The summed E-state index contributed by atoms with van der Waals surface area (Å²) in [6.07, 6.45) is 10.3. The molecule has 32 heavy (non-hydrogen) atoms. The zero-order valence-corrected chi connectivity index (χ0v) is 19.7. The summed E-state index contributed by atoms with van der Waals surface area (Å²) >= 11 is 1.47. The molecule has 4 rings (SSSR count). The molecule has 2 aliphatic rings. The molecule has 1 aliphatic carbocycles. The Morgan fingerprint density at radius 3 is 2.81 bits per heavy atom. The van der Waals surface area contributed by atoms with Gasteiger partial charge in [0.1, 0.15) is 6.17 Å². The number of fused-ring (bicyclic) bond motifs is 1. The zero-order valence-electron chi connectivity index (χ0n) is 18.9. The molecule has 1 aliphatic heterocycles. The molecule has 2 aromatic rings. The van der Waals surface area contributed by atoms with Gasteiger partial charge in [-0.2, -0.15) is 0 Å². The van der Waals surface area contributed by atoms with Gasteiger partial charge in [0, 0.05) is 32.0 Å². The van der Waals surface area contributed by atoms with Crippen molar-refractivity contribution in [2.45, 2.75) is 64.5 Å². The van der Waals surface area contributed by atoms with E-state index in [1.807, 2.05) is 24.0 Å². The number of nitrogens with zero attached hydrogens (tertiary/aromatic N) is 2. The Morgan fingerprint density at radius 1 is 1.22 bits per heavy atom. The highest BCUT2D eigenvalue weighted by molar-refractivity contribution is 7.20. The molecular formula is C25H34FN3O2S. The van der Waals surface area contributed by atoms with Crippen molar-refractivity contribution in [1.29, 1.82) is 0 Å². The molecule has 5 nitrogen and oxygen atoms in total. The number of halogens is 1. The van der Waals surface area contributed by atoms with Gasteiger partial charge in [-0.1, -0.05) is 26.2 Å². The van der Waals surface area contributed by atoms with Crippen molar-refractivity contribution in [2.24, 2.45) is 17.8 Å². The summed E-state index contributed by atoms with van der Waals surface area (Å²) in [5, 5.41) is 4.08. The van der Waals surface area contributed by atoms with Crippen molar-refractivity contribution in [2.75, 3.05) is 19.6 Å². The summed E-state index contributed by atoms with van der Waals surface area (Å²) in [4.78, 5) is 31.9. The number of unbranched alkanes of at least 4 members (excludes halogenated alkanes) is 1. The van der Waals surface area contributed by atoms with Crippen molar-refractivity contribution in [3.8, 4) is 0 Å². The minimum Gasteiger partial charge on any atom is -0.351 e. The zero-order chi connectivity index (χ0) is 22.5. The Morgan fingerprint density at radius 2 is 2.03 bits per heavy atom. The average Bonchev–Trinajstić information content (AvgIpc) is 3.25. The number of amides is 2. The van der Waals surface area contributed by atoms with Gasteiger partial charge in [0.15, 0.2) is 0 Å². The van der Waals surface area contributed by atoms with Gasteiger partial charge in [-0.25, -0.2) is 4.39 Å². The fourth-order valence-electron chi connectivity index (χ4n) is 5.15. The van der Waals surface area contributed by atoms with E-state index in [1.54, 1.807) is 12.4 Å². The molecule has 2 fully saturated rings. The van der Waals surface area contributed by atoms with E-state index in [0.29, 0.717) is 18.9 Å². The second-order valence-electron chi connectivity index (χ2n) is 9.50. The van der Waals surface area contributed by atoms with Gasteiger partial charge in [0.25, 0.3) is 5.91 Å². The number of pyridine rings is 1. The van der Waals surface area contributed by atoms with Crippen molar-refractivity contribution in [1.82, 2.24) is 15.2 Å². The van der Waals surface area contributed by atoms with E-state index in [4.69, 9.17) is 0 Å². The summed E-state index contributed by atoms with van der Waals surface area (Å²) in [5.74, 6) is 0.238. The normalized spacial score (nSPS) is 24.6. The highest BCUT2D eigenvalue weighted by Crippen LogP contribution is 2.34. The van der Waals surface area contributed by atoms with Crippen molar-refractivity contribution < 1.29 is 14.0 Å². The van der Waals surface area contributed by atoms with E-state index in [-0.39, 0.29) is 17.7 Å². The highest BCUT2D eigenvalue weighted by atomic mass is 32.1. The van der Waals surface area contributed by atoms with Gasteiger partial charge < -0.3 is 10.2 Å². The molecule has 0 bridgehead atoms. The third-order valence-electron chi connectivity index (χ3n) is 7.22. The molecule has 3 heterocycles. The van der Waals surface area contributed by atoms with Crippen LogP contribution < -0.4 is 5.32 Å². The van der Waals surface area contributed by atoms with Crippen LogP contribution in [0, 0.1) is 17.8 Å². The SMILES string of the molecule is CC1CCCC(C(=O)N2CCC(CCCCNC(=O)c3cc4ccncc4s3)CC2)C1F. The molecule has 7 heteroatoms. The lowest BCUT2D eigenvalue weighted by Crippen LogP contribution is -2.46. The maximum atomic E-state index is 14.5. The highest BCUT2D eigenvalue weighted by Gasteiger charge is 2.38. The predicted octanol–water partition coefficient (Wildman–Crippen LogP) is 5.21. The van der Waals surface area contributed by atoms with Gasteiger partial charge in [0.2, 0.25) is 5.91 Å². The molecule has 2 aromatic heterocycles. The van der Waals surface area contributed by atoms with Crippen LogP contribution in [0.1, 0.15) is 68.0 Å². The smallest absolute Gasteiger partial charge is 0.261 e. The number of carbonyl (C=O) groups excluding carboxylic acids is 2. The lowest BCUT2D eigenvalue weighted by Gasteiger charge is -2.37. The second kappa shape index (κ2) is 10.7. The number of hydrogen-bond donors (Lipinski definition) is 1. The maximum absolute atomic E-state index is 14.5. The standard InChI is InChI=1S/C25H34FN3O2S/c1-17-5-4-7-20(23(17)26)25(31)29-13-9-18(10-14-29)6-2-3-11-28-24(30)21-15-19-8-12-27-16-22(19)32-21/h8,12,15-18,20,23H,2-7,9-11,13-14H2,1H3,(H,28,30). The predicted molar refractivity (Wildman–Crippen MR) is 127 cm³/mol. The quantitative estimate of drug-likeness (QED) is 0.578. The summed E-state index contributed by atoms with van der Waals surface area (Å²) in [6.45, 7) is 4.14. The summed E-state index contributed by atoms with van der Waals surface area (Å²) in [5.41, 5.74) is 0. The molecule has 3 atom stereocenters. The monoisotopic (exact) mass is 459 g/mol. The van der Waals surface area contributed by atoms with Crippen LogP contribution >= 0.6 is 11.3 Å². The molecule has 174 valence electrons. The average molecular weight is 460 g/mol. The Bertz CT molecular complexity index is 892. The number of piperidine rings is 1. The number of hydrogen-bond acceptors (Lipinski definition) is 4. The van der Waals surface area contributed by atoms with Crippen LogP contribution in [0.5, 0.6) is 0 Å². The Hall–Kier alpha value is -2.02. The second-order valence-corrected chi connectivity index (χ2v) is 10.6. The first-order chi connectivity index (χ1) is 15.5. The van der Waals surface area contributed by atoms with Crippen LogP contribution in [0.2, 0.25) is 0 Å². The number of likely N-dealkylation sites (tertiary alicyclic amines) is 1. The van der Waals surface area contributed by atoms with Crippen molar-refractivity contribution in [3.05, 3.63) is 29.4 Å². The van der Waals surface area contributed by atoms with E-state index in [9.17, 15) is 14.0 Å². The summed E-state index contributed by atoms with van der Waals surface area (Å²) < 4.78 is 15.5. The summed E-state index contributed by atoms with van der Waals surface area (Å²) in [6, 6.07) is 3.85. The van der Waals surface area contributed by atoms with E-state index in [1.165, 1.54) is 11.3 Å². The molecule has 1 saturated heterocycles. The van der Waals surface area contributed by atoms with E-state index in [2.05, 4.69) is 10.3 Å². The number of alkyl halides is 1. The van der Waals surface area contributed by atoms with Crippen molar-refractivity contribution in [3.63, 3.8) is 0 Å². The number of thiophene rings is 1. The van der Waals surface area contributed by atoms with Crippen LogP contribution in [0.15, 0.2) is 24.5 Å². The fraction of sp³-hybridized carbons (Fsp3) is 0.640. The Labute approximate surface area is 193 Å². The lowest BCUT2D eigenvalue weighted by molar-refractivity contribution is -0.141. The number of carbonyl (C=O) groups is 2. The molecule has 0 radical (unpaired) electrons. The van der Waals surface area contributed by atoms with Crippen LogP contribution in [0.4, 0.5) is 4.39 Å². The molecular weight excluding hydrogens is 425 g/mol. The van der Waals surface area contributed by atoms with Gasteiger partial charge in [-0.05, 0) is 61.5 Å². The van der Waals surface area contributed by atoms with Crippen LogP contribution in [-0.4, -0.2) is 47.5 Å². The molecule has 3 unspecified atom stereocenters. The molecule has 2 amide bonds. The topological polar surface area (TPSA) is 62.3 Å². The number of aromatic nitrogens is 1. The minimum atomic E-state index is -0.978. The third kappa shape index (κ3) is 5.48. The van der Waals surface area contributed by atoms with E-state index < -0.39 is 12.1 Å². The van der Waals surface area contributed by atoms with Gasteiger partial charge >= 0.3 is 0 Å². The van der Waals surface area contributed by atoms with Crippen LogP contribution in [0.3, 0.4) is 0 Å². The minimum absolute atomic E-state index is 0.00612. The van der Waals surface area contributed by atoms with Crippen molar-refractivity contribution >= 4 is 33.2 Å². The van der Waals surface area contributed by atoms with E-state index >= 15 is 0 Å². The Balaban J connectivity index is 1.12. The lowest BCUT2D eigenvalue weighted by atomic mass is 9.79. The van der Waals surface area contributed by atoms with Gasteiger partial charge in [-0.15, -0.1) is 11.3 Å². The van der Waals surface area contributed by atoms with E-state index in [0.717, 1.165) is 73.0 Å².